The van der Waals surface area contributed by atoms with Gasteiger partial charge in [-0.05, 0) is 42.1 Å². The Balaban J connectivity index is 1.86. The van der Waals surface area contributed by atoms with Crippen molar-refractivity contribution in [1.29, 1.82) is 0 Å². The average molecular weight is 294 g/mol. The SMILES string of the molecule is OC[C@H]1[C@H](c2cccs2)CCN1c1ccc(Cl)cc1. The summed E-state index contributed by atoms with van der Waals surface area (Å²) in [6.07, 6.45) is 1.09. The number of anilines is 1. The first-order valence-electron chi connectivity index (χ1n) is 6.46. The third kappa shape index (κ3) is 2.50. The average Bonchev–Trinajstić information content (AvgIpc) is 3.08. The van der Waals surface area contributed by atoms with Crippen molar-refractivity contribution in [2.24, 2.45) is 0 Å². The van der Waals surface area contributed by atoms with E-state index in [-0.39, 0.29) is 12.6 Å². The molecule has 0 spiro atoms. The van der Waals surface area contributed by atoms with Gasteiger partial charge in [0.2, 0.25) is 0 Å². The van der Waals surface area contributed by atoms with Gasteiger partial charge in [0.1, 0.15) is 0 Å². The summed E-state index contributed by atoms with van der Waals surface area (Å²) in [6, 6.07) is 12.3. The van der Waals surface area contributed by atoms with Crippen LogP contribution < -0.4 is 4.90 Å². The molecule has 2 aromatic rings. The predicted octanol–water partition coefficient (Wildman–Crippen LogP) is 3.76. The van der Waals surface area contributed by atoms with Gasteiger partial charge >= 0.3 is 0 Å². The van der Waals surface area contributed by atoms with Crippen molar-refractivity contribution in [2.45, 2.75) is 18.4 Å². The van der Waals surface area contributed by atoms with Crippen LogP contribution in [0.1, 0.15) is 17.2 Å². The number of hydrogen-bond donors (Lipinski definition) is 1. The summed E-state index contributed by atoms with van der Waals surface area (Å²) in [4.78, 5) is 3.66. The highest BCUT2D eigenvalue weighted by Gasteiger charge is 2.35. The monoisotopic (exact) mass is 293 g/mol. The second-order valence-electron chi connectivity index (χ2n) is 4.83. The maximum atomic E-state index is 9.76. The fourth-order valence-corrected chi connectivity index (χ4v) is 3.91. The van der Waals surface area contributed by atoms with E-state index in [1.165, 1.54) is 4.88 Å². The minimum atomic E-state index is 0.167. The Kier molecular flexibility index (Phi) is 3.78. The normalized spacial score (nSPS) is 22.9. The highest BCUT2D eigenvalue weighted by Crippen LogP contribution is 2.38. The van der Waals surface area contributed by atoms with E-state index in [1.54, 1.807) is 11.3 Å². The Hall–Kier alpha value is -1.03. The second-order valence-corrected chi connectivity index (χ2v) is 6.25. The number of aliphatic hydroxyl groups excluding tert-OH is 1. The molecule has 0 saturated carbocycles. The molecule has 4 heteroatoms. The predicted molar refractivity (Wildman–Crippen MR) is 81.3 cm³/mol. The largest absolute Gasteiger partial charge is 0.394 e. The van der Waals surface area contributed by atoms with Crippen molar-refractivity contribution < 1.29 is 5.11 Å². The maximum Gasteiger partial charge on any atom is 0.0641 e. The third-order valence-electron chi connectivity index (χ3n) is 3.80. The number of hydrogen-bond acceptors (Lipinski definition) is 3. The molecule has 1 aromatic heterocycles. The number of benzene rings is 1. The lowest BCUT2D eigenvalue weighted by Crippen LogP contribution is -2.34. The lowest BCUT2D eigenvalue weighted by atomic mass is 9.99. The van der Waals surface area contributed by atoms with Crippen molar-refractivity contribution in [3.8, 4) is 0 Å². The van der Waals surface area contributed by atoms with Crippen molar-refractivity contribution >= 4 is 28.6 Å². The zero-order valence-corrected chi connectivity index (χ0v) is 12.1. The Bertz CT molecular complexity index is 526. The van der Waals surface area contributed by atoms with Gasteiger partial charge in [-0.25, -0.2) is 0 Å². The van der Waals surface area contributed by atoms with Crippen LogP contribution in [0.2, 0.25) is 5.02 Å². The van der Waals surface area contributed by atoms with Gasteiger partial charge in [0, 0.05) is 28.0 Å². The van der Waals surface area contributed by atoms with Crippen molar-refractivity contribution in [3.63, 3.8) is 0 Å². The van der Waals surface area contributed by atoms with E-state index >= 15 is 0 Å². The zero-order valence-electron chi connectivity index (χ0n) is 10.5. The van der Waals surface area contributed by atoms with E-state index in [4.69, 9.17) is 11.6 Å². The molecule has 0 unspecified atom stereocenters. The molecule has 0 aliphatic carbocycles. The highest BCUT2D eigenvalue weighted by atomic mass is 35.5. The Morgan fingerprint density at radius 2 is 2.05 bits per heavy atom. The molecule has 1 aliphatic heterocycles. The first kappa shape index (κ1) is 13.0. The molecule has 3 rings (SSSR count). The lowest BCUT2D eigenvalue weighted by molar-refractivity contribution is 0.257. The van der Waals surface area contributed by atoms with Gasteiger partial charge in [-0.15, -0.1) is 11.3 Å². The van der Waals surface area contributed by atoms with Gasteiger partial charge in [0.15, 0.2) is 0 Å². The van der Waals surface area contributed by atoms with Gasteiger partial charge in [-0.3, -0.25) is 0 Å². The van der Waals surface area contributed by atoms with Crippen LogP contribution in [0, 0.1) is 0 Å². The number of thiophene rings is 1. The van der Waals surface area contributed by atoms with Gasteiger partial charge in [-0.2, -0.15) is 0 Å². The van der Waals surface area contributed by atoms with Gasteiger partial charge < -0.3 is 10.0 Å². The number of aliphatic hydroxyl groups is 1. The summed E-state index contributed by atoms with van der Waals surface area (Å²) in [5.74, 6) is 0.431. The minimum absolute atomic E-state index is 0.167. The fraction of sp³-hybridized carbons (Fsp3) is 0.333. The molecule has 0 bridgehead atoms. The summed E-state index contributed by atoms with van der Waals surface area (Å²) >= 11 is 7.71. The summed E-state index contributed by atoms with van der Waals surface area (Å²) in [7, 11) is 0. The molecule has 1 N–H and O–H groups in total. The van der Waals surface area contributed by atoms with E-state index in [2.05, 4.69) is 22.4 Å². The van der Waals surface area contributed by atoms with Crippen LogP contribution in [0.15, 0.2) is 41.8 Å². The molecule has 19 heavy (non-hydrogen) atoms. The summed E-state index contributed by atoms with van der Waals surface area (Å²) in [5.41, 5.74) is 1.14. The van der Waals surface area contributed by atoms with Crippen molar-refractivity contribution in [3.05, 3.63) is 51.7 Å². The van der Waals surface area contributed by atoms with Crippen LogP contribution in [0.4, 0.5) is 5.69 Å². The molecule has 0 radical (unpaired) electrons. The van der Waals surface area contributed by atoms with Crippen LogP contribution in [-0.4, -0.2) is 24.3 Å². The molecule has 2 heterocycles. The number of rotatable bonds is 3. The van der Waals surface area contributed by atoms with E-state index in [1.807, 2.05) is 24.3 Å². The minimum Gasteiger partial charge on any atom is -0.394 e. The molecule has 1 saturated heterocycles. The smallest absolute Gasteiger partial charge is 0.0641 e. The maximum absolute atomic E-state index is 9.76. The molecular formula is C15H16ClNOS. The molecule has 1 aliphatic rings. The molecular weight excluding hydrogens is 278 g/mol. The summed E-state index contributed by atoms with van der Waals surface area (Å²) < 4.78 is 0. The van der Waals surface area contributed by atoms with E-state index in [9.17, 15) is 5.11 Å². The zero-order chi connectivity index (χ0) is 13.2. The Morgan fingerprint density at radius 1 is 1.26 bits per heavy atom. The number of halogens is 1. The summed E-state index contributed by atoms with van der Waals surface area (Å²) in [6.45, 7) is 1.17. The molecule has 1 aromatic carbocycles. The fourth-order valence-electron chi connectivity index (χ4n) is 2.87. The molecule has 2 atom stereocenters. The van der Waals surface area contributed by atoms with Crippen LogP contribution in [0.5, 0.6) is 0 Å². The quantitative estimate of drug-likeness (QED) is 0.931. The summed E-state index contributed by atoms with van der Waals surface area (Å²) in [5, 5.41) is 12.6. The third-order valence-corrected chi connectivity index (χ3v) is 5.06. The molecule has 0 amide bonds. The van der Waals surface area contributed by atoms with E-state index in [0.717, 1.165) is 23.7 Å². The van der Waals surface area contributed by atoms with Crippen LogP contribution in [-0.2, 0) is 0 Å². The van der Waals surface area contributed by atoms with Crippen LogP contribution in [0.25, 0.3) is 0 Å². The first-order chi connectivity index (χ1) is 9.29. The van der Waals surface area contributed by atoms with Crippen molar-refractivity contribution in [2.75, 3.05) is 18.1 Å². The Labute approximate surface area is 122 Å². The van der Waals surface area contributed by atoms with Gasteiger partial charge in [-0.1, -0.05) is 17.7 Å². The standard InChI is InChI=1S/C15H16ClNOS/c16-11-3-5-12(6-4-11)17-8-7-13(14(17)10-18)15-2-1-9-19-15/h1-6,9,13-14,18H,7-8,10H2/t13-,14+/m1/s1. The van der Waals surface area contributed by atoms with Crippen molar-refractivity contribution in [1.82, 2.24) is 0 Å². The van der Waals surface area contributed by atoms with Crippen LogP contribution in [0.3, 0.4) is 0 Å². The number of nitrogens with zero attached hydrogens (tertiary/aromatic N) is 1. The van der Waals surface area contributed by atoms with Gasteiger partial charge in [0.25, 0.3) is 0 Å². The highest BCUT2D eigenvalue weighted by molar-refractivity contribution is 7.10. The second kappa shape index (κ2) is 5.53. The van der Waals surface area contributed by atoms with Crippen LogP contribution >= 0.6 is 22.9 Å². The molecule has 100 valence electrons. The molecule has 2 nitrogen and oxygen atoms in total. The van der Waals surface area contributed by atoms with E-state index in [0.29, 0.717) is 5.92 Å². The van der Waals surface area contributed by atoms with E-state index < -0.39 is 0 Å². The lowest BCUT2D eigenvalue weighted by Gasteiger charge is -2.28. The first-order valence-corrected chi connectivity index (χ1v) is 7.72. The topological polar surface area (TPSA) is 23.5 Å². The Morgan fingerprint density at radius 3 is 2.68 bits per heavy atom. The van der Waals surface area contributed by atoms with Gasteiger partial charge in [0.05, 0.1) is 12.6 Å². The molecule has 1 fully saturated rings.